The molecule has 18 nitrogen and oxygen atoms in total. The fourth-order valence-electron chi connectivity index (χ4n) is 7.61. The molecule has 0 radical (unpaired) electrons. The summed E-state index contributed by atoms with van der Waals surface area (Å²) in [5.41, 5.74) is 11.6. The van der Waals surface area contributed by atoms with Gasteiger partial charge in [-0.25, -0.2) is 20.8 Å². The highest BCUT2D eigenvalue weighted by atomic mass is 28.4. The van der Waals surface area contributed by atoms with Gasteiger partial charge in [0.2, 0.25) is 0 Å². The predicted molar refractivity (Wildman–Crippen MR) is 326 cm³/mol. The first-order valence-electron chi connectivity index (χ1n) is 26.7. The number of aryl methyl sites for hydroxylation is 2. The number of ether oxygens (including phenoxy) is 2. The van der Waals surface area contributed by atoms with Crippen molar-refractivity contribution in [1.29, 1.82) is 10.5 Å². The number of aldehydes is 2. The van der Waals surface area contributed by atoms with Crippen molar-refractivity contribution in [2.45, 2.75) is 145 Å². The van der Waals surface area contributed by atoms with Crippen molar-refractivity contribution in [2.24, 2.45) is 19.9 Å². The summed E-state index contributed by atoms with van der Waals surface area (Å²) >= 11 is 0. The van der Waals surface area contributed by atoms with Crippen LogP contribution in [0.5, 0.6) is 11.5 Å². The van der Waals surface area contributed by atoms with Crippen LogP contribution in [0.15, 0.2) is 97.3 Å². The summed E-state index contributed by atoms with van der Waals surface area (Å²) in [5.74, 6) is 7.17. The third-order valence-corrected chi connectivity index (χ3v) is 17.1. The quantitative estimate of drug-likeness (QED) is 0.0218. The summed E-state index contributed by atoms with van der Waals surface area (Å²) in [6.45, 7) is 31.9. The molecule has 6 aromatic rings. The minimum Gasteiger partial charge on any atom is -0.490 e. The first-order chi connectivity index (χ1) is 37.8. The van der Waals surface area contributed by atoms with Crippen LogP contribution in [-0.4, -0.2) is 93.9 Å². The van der Waals surface area contributed by atoms with E-state index >= 15 is 0 Å². The Morgan fingerprint density at radius 2 is 1.15 bits per heavy atom. The Hall–Kier alpha value is -7.78. The fourth-order valence-corrected chi connectivity index (χ4v) is 8.53. The highest BCUT2D eigenvalue weighted by Gasteiger charge is 2.37. The molecule has 0 unspecified atom stereocenters. The third-order valence-electron chi connectivity index (χ3n) is 12.6. The van der Waals surface area contributed by atoms with Crippen LogP contribution in [0.4, 0.5) is 0 Å². The van der Waals surface area contributed by atoms with Crippen LogP contribution in [0.1, 0.15) is 157 Å². The van der Waals surface area contributed by atoms with Crippen molar-refractivity contribution in [1.82, 2.24) is 35.0 Å². The van der Waals surface area contributed by atoms with E-state index in [9.17, 15) is 29.5 Å². The number of amides is 2. The lowest BCUT2D eigenvalue weighted by atomic mass is 9.96. The zero-order chi connectivity index (χ0) is 61.0. The molecule has 82 heavy (non-hydrogen) atoms. The number of rotatable bonds is 17. The number of benzene rings is 4. The van der Waals surface area contributed by atoms with Gasteiger partial charge in [0, 0.05) is 78.2 Å². The van der Waals surface area contributed by atoms with E-state index in [0.717, 1.165) is 52.3 Å². The standard InChI is InChI=1S/C28H35N5O3.C15H18N2O.C11H13N3O2.C8H18O2Si.CH4/c1-19(2)36-25-12-11-22(15-23(25)16-29)26(35)31-33(13-14-34)17-20-7-9-21(10-8-20)24-18-32(6)27(30-24)28(3,4)5;1-15(2,3)14-16-13(9-17(14)4)12-7-5-11(10-18)6-8-12;1-7(2)16-10-4-3-8(11(15)14-13)5-9(10)6-12;1-8(2,3)11(4,5)10-7-6-9;/h7-12,15,18-19,34H,13-14,17H2,1-6H3,(H,31,35);5-10H,1-4H3;3-5,7H,13H2,1-2H3,(H,14,15);6H,7H2,1-5H3;1H4. The number of aliphatic hydroxyl groups is 1. The molecule has 2 aromatic heterocycles. The molecule has 0 atom stereocenters. The molecule has 2 heterocycles. The predicted octanol–water partition coefficient (Wildman–Crippen LogP) is 11.2. The number of nitrogens with two attached hydrogens (primary N) is 1. The van der Waals surface area contributed by atoms with Crippen LogP contribution in [0.2, 0.25) is 18.1 Å². The molecular weight excluding hydrogens is 1050 g/mol. The Balaban J connectivity index is 0.000000417. The van der Waals surface area contributed by atoms with Gasteiger partial charge in [-0.15, -0.1) is 0 Å². The van der Waals surface area contributed by atoms with Crippen LogP contribution >= 0.6 is 0 Å². The van der Waals surface area contributed by atoms with Crippen LogP contribution < -0.4 is 26.2 Å². The van der Waals surface area contributed by atoms with Gasteiger partial charge < -0.3 is 32.9 Å². The molecule has 0 aliphatic heterocycles. The highest BCUT2D eigenvalue weighted by molar-refractivity contribution is 6.74. The number of hydrazine groups is 2. The molecule has 19 heteroatoms. The van der Waals surface area contributed by atoms with Gasteiger partial charge >= 0.3 is 0 Å². The van der Waals surface area contributed by atoms with Crippen molar-refractivity contribution in [2.75, 3.05) is 19.8 Å². The number of nitriles is 2. The number of aromatic nitrogens is 4. The number of nitrogens with one attached hydrogen (secondary N) is 2. The molecule has 0 bridgehead atoms. The molecule has 0 aliphatic carbocycles. The van der Waals surface area contributed by atoms with Gasteiger partial charge in [0.1, 0.15) is 47.9 Å². The molecular formula is C63H88N10O8Si. The minimum atomic E-state index is -1.66. The molecule has 6 rings (SSSR count). The van der Waals surface area contributed by atoms with E-state index in [0.29, 0.717) is 45.9 Å². The zero-order valence-corrected chi connectivity index (χ0v) is 51.4. The van der Waals surface area contributed by atoms with E-state index in [1.165, 1.54) is 12.1 Å². The summed E-state index contributed by atoms with van der Waals surface area (Å²) < 4.78 is 20.7. The summed E-state index contributed by atoms with van der Waals surface area (Å²) in [4.78, 5) is 54.3. The lowest BCUT2D eigenvalue weighted by Gasteiger charge is -2.35. The summed E-state index contributed by atoms with van der Waals surface area (Å²) in [6, 6.07) is 28.9. The summed E-state index contributed by atoms with van der Waals surface area (Å²) in [7, 11) is 2.36. The Labute approximate surface area is 487 Å². The number of carbonyl (C=O) groups excluding carboxylic acids is 4. The monoisotopic (exact) mass is 1140 g/mol. The minimum absolute atomic E-state index is 0. The van der Waals surface area contributed by atoms with E-state index in [1.807, 2.05) is 114 Å². The van der Waals surface area contributed by atoms with Crippen molar-refractivity contribution in [3.8, 4) is 46.2 Å². The summed E-state index contributed by atoms with van der Waals surface area (Å²) in [5, 5.41) is 29.7. The van der Waals surface area contributed by atoms with Crippen molar-refractivity contribution in [3.05, 3.63) is 142 Å². The maximum atomic E-state index is 12.9. The van der Waals surface area contributed by atoms with Crippen molar-refractivity contribution >= 4 is 32.7 Å². The number of imidazole rings is 2. The Kier molecular flexibility index (Phi) is 27.0. The van der Waals surface area contributed by atoms with Crippen molar-refractivity contribution < 1.29 is 38.2 Å². The SMILES string of the molecule is C.CC(C)(C)[Si](C)(C)OCC=O.CC(C)Oc1ccc(C(=O)NN(CCO)Cc2ccc(-c3cn(C)c(C(C)(C)C)n3)cc2)cc1C#N.CC(C)Oc1ccc(C(=O)NN)cc1C#N.Cn1cc(-c2ccc(C=O)cc2)nc1C(C)(C)C. The number of nitrogen functional groups attached to an aromatic ring is 1. The molecule has 0 saturated carbocycles. The van der Waals surface area contributed by atoms with Gasteiger partial charge in [-0.2, -0.15) is 10.5 Å². The second-order valence-corrected chi connectivity index (χ2v) is 28.1. The zero-order valence-electron chi connectivity index (χ0n) is 50.4. The van der Waals surface area contributed by atoms with Gasteiger partial charge in [0.15, 0.2) is 8.32 Å². The number of hydrogen-bond donors (Lipinski definition) is 4. The average Bonchev–Trinajstić information content (AvgIpc) is 4.16. The maximum Gasteiger partial charge on any atom is 0.265 e. The van der Waals surface area contributed by atoms with Crippen molar-refractivity contribution in [3.63, 3.8) is 0 Å². The molecule has 0 spiro atoms. The van der Waals surface area contributed by atoms with Gasteiger partial charge in [-0.1, -0.05) is 118 Å². The van der Waals surface area contributed by atoms with E-state index in [-0.39, 0.29) is 61.2 Å². The molecule has 0 saturated heterocycles. The summed E-state index contributed by atoms with van der Waals surface area (Å²) in [6.07, 6.45) is 5.61. The number of carbonyl (C=O) groups is 4. The first kappa shape index (κ1) is 70.3. The maximum absolute atomic E-state index is 12.9. The molecule has 0 fully saturated rings. The molecule has 4 aromatic carbocycles. The molecule has 5 N–H and O–H groups in total. The average molecular weight is 1140 g/mol. The third kappa shape index (κ3) is 21.3. The molecule has 442 valence electrons. The second-order valence-electron chi connectivity index (χ2n) is 23.3. The fraction of sp³-hybridized carbons (Fsp3) is 0.429. The van der Waals surface area contributed by atoms with Crippen LogP contribution in [0.3, 0.4) is 0 Å². The van der Waals surface area contributed by atoms with Crippen LogP contribution in [0.25, 0.3) is 22.5 Å². The number of nitrogens with zero attached hydrogens (tertiary/aromatic N) is 7. The second kappa shape index (κ2) is 31.4. The van der Waals surface area contributed by atoms with Crippen LogP contribution in [-0.2, 0) is 40.7 Å². The lowest BCUT2D eigenvalue weighted by molar-refractivity contribution is -0.109. The van der Waals surface area contributed by atoms with E-state index in [1.54, 1.807) is 29.3 Å². The van der Waals surface area contributed by atoms with E-state index in [2.05, 4.69) is 101 Å². The van der Waals surface area contributed by atoms with Gasteiger partial charge in [0.05, 0.1) is 47.9 Å². The smallest absolute Gasteiger partial charge is 0.265 e. The molecule has 2 amide bonds. The first-order valence-corrected chi connectivity index (χ1v) is 29.6. The number of hydrogen-bond acceptors (Lipinski definition) is 14. The Bertz CT molecular complexity index is 3110. The highest BCUT2D eigenvalue weighted by Crippen LogP contribution is 2.36. The van der Waals surface area contributed by atoms with Gasteiger partial charge in [-0.3, -0.25) is 25.2 Å². The molecule has 0 aliphatic rings. The topological polar surface area (TPSA) is 253 Å². The van der Waals surface area contributed by atoms with E-state index in [4.69, 9.17) is 30.0 Å². The number of aliphatic hydroxyl groups excluding tert-OH is 1. The Morgan fingerprint density at radius 1 is 0.720 bits per heavy atom. The van der Waals surface area contributed by atoms with Gasteiger partial charge in [-0.05, 0) is 87.8 Å². The van der Waals surface area contributed by atoms with Gasteiger partial charge in [0.25, 0.3) is 11.8 Å². The Morgan fingerprint density at radius 3 is 1.49 bits per heavy atom. The van der Waals surface area contributed by atoms with E-state index < -0.39 is 14.2 Å². The lowest BCUT2D eigenvalue weighted by Crippen LogP contribution is -2.43. The van der Waals surface area contributed by atoms with Crippen LogP contribution in [0, 0.1) is 22.7 Å². The largest absolute Gasteiger partial charge is 0.490 e. The normalized spacial score (nSPS) is 11.3.